The Hall–Kier alpha value is -3.12. The zero-order valence-electron chi connectivity index (χ0n) is 17.9. The molecule has 0 bridgehead atoms. The Morgan fingerprint density at radius 3 is 2.45 bits per heavy atom. The fourth-order valence-corrected chi connectivity index (χ4v) is 4.37. The molecule has 162 valence electrons. The van der Waals surface area contributed by atoms with Crippen LogP contribution in [-0.2, 0) is 14.9 Å². The Bertz CT molecular complexity index is 942. The normalized spacial score (nSPS) is 17.4. The number of hydrogen-bond acceptors (Lipinski definition) is 4. The Kier molecular flexibility index (Phi) is 6.09. The number of fused-ring (bicyclic) bond motifs is 1. The quantitative estimate of drug-likeness (QED) is 0.746. The number of rotatable bonds is 7. The van der Waals surface area contributed by atoms with E-state index in [1.165, 1.54) is 4.90 Å². The van der Waals surface area contributed by atoms with E-state index in [4.69, 9.17) is 9.47 Å². The van der Waals surface area contributed by atoms with E-state index >= 15 is 0 Å². The van der Waals surface area contributed by atoms with E-state index in [1.807, 2.05) is 37.3 Å². The van der Waals surface area contributed by atoms with Crippen LogP contribution in [0.3, 0.4) is 0 Å². The van der Waals surface area contributed by atoms with Crippen molar-refractivity contribution in [1.29, 1.82) is 0 Å². The highest BCUT2D eigenvalue weighted by Gasteiger charge is 2.36. The summed E-state index contributed by atoms with van der Waals surface area (Å²) in [4.78, 5) is 26.9. The first-order valence-electron chi connectivity index (χ1n) is 10.7. The predicted molar refractivity (Wildman–Crippen MR) is 119 cm³/mol. The summed E-state index contributed by atoms with van der Waals surface area (Å²) >= 11 is 0. The van der Waals surface area contributed by atoms with Crippen molar-refractivity contribution in [2.75, 3.05) is 32.9 Å². The summed E-state index contributed by atoms with van der Waals surface area (Å²) in [6, 6.07) is 15.4. The Balaban J connectivity index is 1.44. The molecule has 0 aromatic heterocycles. The Morgan fingerprint density at radius 1 is 1.13 bits per heavy atom. The molecule has 0 radical (unpaired) electrons. The Morgan fingerprint density at radius 2 is 1.81 bits per heavy atom. The molecule has 0 unspecified atom stereocenters. The van der Waals surface area contributed by atoms with E-state index in [0.717, 1.165) is 29.7 Å². The van der Waals surface area contributed by atoms with E-state index in [-0.39, 0.29) is 23.8 Å². The average Bonchev–Trinajstić information content (AvgIpc) is 3.04. The number of benzene rings is 2. The molecule has 2 aromatic rings. The molecule has 4 rings (SSSR count). The molecule has 1 N–H and O–H groups in total. The summed E-state index contributed by atoms with van der Waals surface area (Å²) in [5, 5.41) is 3.07. The largest absolute Gasteiger partial charge is 0.494 e. The molecule has 2 amide bonds. The van der Waals surface area contributed by atoms with Crippen molar-refractivity contribution in [1.82, 2.24) is 10.2 Å². The van der Waals surface area contributed by atoms with Crippen molar-refractivity contribution in [2.24, 2.45) is 0 Å². The smallest absolute Gasteiger partial charge is 0.259 e. The molecule has 1 saturated heterocycles. The van der Waals surface area contributed by atoms with Gasteiger partial charge in [-0.1, -0.05) is 36.9 Å². The maximum Gasteiger partial charge on any atom is 0.259 e. The van der Waals surface area contributed by atoms with Crippen molar-refractivity contribution in [3.8, 4) is 5.75 Å². The summed E-state index contributed by atoms with van der Waals surface area (Å²) in [6.07, 6.45) is 1.64. The third kappa shape index (κ3) is 4.21. The van der Waals surface area contributed by atoms with Crippen LogP contribution < -0.4 is 10.1 Å². The van der Waals surface area contributed by atoms with E-state index in [0.29, 0.717) is 37.6 Å². The molecule has 31 heavy (non-hydrogen) atoms. The SMILES string of the molecule is C=C1c2ccccc2C(=O)N1CC(=O)NCC1(c2ccc(OCC)cc2)CCOCC1. The van der Waals surface area contributed by atoms with Crippen molar-refractivity contribution < 1.29 is 19.1 Å². The first kappa shape index (κ1) is 21.1. The maximum absolute atomic E-state index is 12.8. The van der Waals surface area contributed by atoms with Gasteiger partial charge in [0.25, 0.3) is 5.91 Å². The molecule has 0 atom stereocenters. The minimum absolute atomic E-state index is 0.0395. The van der Waals surface area contributed by atoms with Crippen molar-refractivity contribution >= 4 is 17.5 Å². The van der Waals surface area contributed by atoms with Gasteiger partial charge in [-0.3, -0.25) is 14.5 Å². The van der Waals surface area contributed by atoms with Gasteiger partial charge in [0.15, 0.2) is 0 Å². The lowest BCUT2D eigenvalue weighted by atomic mass is 9.74. The van der Waals surface area contributed by atoms with Crippen molar-refractivity contribution in [2.45, 2.75) is 25.2 Å². The van der Waals surface area contributed by atoms with Gasteiger partial charge in [0.1, 0.15) is 12.3 Å². The molecule has 2 aliphatic heterocycles. The number of amides is 2. The molecule has 1 fully saturated rings. The zero-order chi connectivity index (χ0) is 21.8. The molecule has 2 heterocycles. The monoisotopic (exact) mass is 420 g/mol. The molecule has 0 aliphatic carbocycles. The molecule has 2 aliphatic rings. The second-order valence-corrected chi connectivity index (χ2v) is 8.01. The van der Waals surface area contributed by atoms with Gasteiger partial charge in [0, 0.05) is 42.0 Å². The molecular weight excluding hydrogens is 392 g/mol. The van der Waals surface area contributed by atoms with Crippen LogP contribution in [-0.4, -0.2) is 49.6 Å². The Labute approximate surface area is 182 Å². The number of carbonyl (C=O) groups excluding carboxylic acids is 2. The zero-order valence-corrected chi connectivity index (χ0v) is 17.9. The highest BCUT2D eigenvalue weighted by Crippen LogP contribution is 2.35. The summed E-state index contributed by atoms with van der Waals surface area (Å²) in [5.41, 5.74) is 2.91. The number of nitrogens with zero attached hydrogens (tertiary/aromatic N) is 1. The minimum atomic E-state index is -0.201. The third-order valence-corrected chi connectivity index (χ3v) is 6.19. The summed E-state index contributed by atoms with van der Waals surface area (Å²) in [7, 11) is 0. The summed E-state index contributed by atoms with van der Waals surface area (Å²) < 4.78 is 11.1. The van der Waals surface area contributed by atoms with Gasteiger partial charge in [0.2, 0.25) is 5.91 Å². The third-order valence-electron chi connectivity index (χ3n) is 6.19. The lowest BCUT2D eigenvalue weighted by molar-refractivity contribution is -0.121. The van der Waals surface area contributed by atoms with Gasteiger partial charge in [-0.25, -0.2) is 0 Å². The molecule has 2 aromatic carbocycles. The van der Waals surface area contributed by atoms with Crippen LogP contribution in [0.15, 0.2) is 55.1 Å². The van der Waals surface area contributed by atoms with Gasteiger partial charge in [-0.15, -0.1) is 0 Å². The summed E-state index contributed by atoms with van der Waals surface area (Å²) in [5.74, 6) is 0.463. The second kappa shape index (κ2) is 8.94. The minimum Gasteiger partial charge on any atom is -0.494 e. The maximum atomic E-state index is 12.8. The van der Waals surface area contributed by atoms with Crippen LogP contribution in [0.2, 0.25) is 0 Å². The van der Waals surface area contributed by atoms with Gasteiger partial charge in [-0.2, -0.15) is 0 Å². The van der Waals surface area contributed by atoms with Gasteiger partial charge in [-0.05, 0) is 43.5 Å². The van der Waals surface area contributed by atoms with Crippen LogP contribution in [0, 0.1) is 0 Å². The predicted octanol–water partition coefficient (Wildman–Crippen LogP) is 3.38. The first-order chi connectivity index (χ1) is 15.0. The molecule has 6 heteroatoms. The highest BCUT2D eigenvalue weighted by molar-refractivity contribution is 6.10. The summed E-state index contributed by atoms with van der Waals surface area (Å²) in [6.45, 7) is 8.35. The second-order valence-electron chi connectivity index (χ2n) is 8.01. The van der Waals surface area contributed by atoms with E-state index in [9.17, 15) is 9.59 Å². The molecule has 0 spiro atoms. The van der Waals surface area contributed by atoms with Gasteiger partial charge < -0.3 is 14.8 Å². The van der Waals surface area contributed by atoms with Gasteiger partial charge >= 0.3 is 0 Å². The first-order valence-corrected chi connectivity index (χ1v) is 10.7. The van der Waals surface area contributed by atoms with Crippen LogP contribution >= 0.6 is 0 Å². The number of carbonyl (C=O) groups is 2. The molecule has 6 nitrogen and oxygen atoms in total. The van der Waals surface area contributed by atoms with Crippen LogP contribution in [0.4, 0.5) is 0 Å². The lowest BCUT2D eigenvalue weighted by Gasteiger charge is -2.38. The lowest BCUT2D eigenvalue weighted by Crippen LogP contribution is -2.47. The van der Waals surface area contributed by atoms with E-state index < -0.39 is 0 Å². The van der Waals surface area contributed by atoms with Crippen LogP contribution in [0.5, 0.6) is 5.75 Å². The topological polar surface area (TPSA) is 67.9 Å². The highest BCUT2D eigenvalue weighted by atomic mass is 16.5. The molecular formula is C25H28N2O4. The average molecular weight is 421 g/mol. The van der Waals surface area contributed by atoms with Crippen molar-refractivity contribution in [3.63, 3.8) is 0 Å². The van der Waals surface area contributed by atoms with Crippen LogP contribution in [0.25, 0.3) is 5.70 Å². The van der Waals surface area contributed by atoms with E-state index in [2.05, 4.69) is 24.0 Å². The number of ether oxygens (including phenoxy) is 2. The standard InChI is InChI=1S/C25H28N2O4/c1-3-31-20-10-8-19(9-11-20)25(12-14-30-15-13-25)17-26-23(28)16-27-18(2)21-6-4-5-7-22(21)24(27)29/h4-11H,2-3,12-17H2,1H3,(H,26,28). The van der Waals surface area contributed by atoms with Gasteiger partial charge in [0.05, 0.1) is 6.61 Å². The van der Waals surface area contributed by atoms with Crippen molar-refractivity contribution in [3.05, 3.63) is 71.8 Å². The van der Waals surface area contributed by atoms with Crippen LogP contribution in [0.1, 0.15) is 41.3 Å². The fraction of sp³-hybridized carbons (Fsp3) is 0.360. The fourth-order valence-electron chi connectivity index (χ4n) is 4.37. The number of hydrogen-bond donors (Lipinski definition) is 1. The number of nitrogens with one attached hydrogen (secondary N) is 1. The molecule has 0 saturated carbocycles. The van der Waals surface area contributed by atoms with E-state index in [1.54, 1.807) is 6.07 Å².